The Labute approximate surface area is 317 Å². The van der Waals surface area contributed by atoms with Crippen LogP contribution >= 0.6 is 11.8 Å². The molecular weight excluding hydrogens is 633 g/mol. The second kappa shape index (κ2) is 34.1. The predicted octanol–water partition coefficient (Wildman–Crippen LogP) is 14.4. The van der Waals surface area contributed by atoms with Crippen molar-refractivity contribution in [1.29, 1.82) is 0 Å². The van der Waals surface area contributed by atoms with Crippen molar-refractivity contribution in [2.45, 2.75) is 232 Å². The van der Waals surface area contributed by atoms with Crippen molar-refractivity contribution in [3.05, 3.63) is 10.6 Å². The first kappa shape index (κ1) is 45.5. The molecule has 1 saturated heterocycles. The molecule has 50 heavy (non-hydrogen) atoms. The van der Waals surface area contributed by atoms with Gasteiger partial charge in [-0.15, -0.1) is 11.8 Å². The lowest BCUT2D eigenvalue weighted by Crippen LogP contribution is -2.45. The molecule has 2 heterocycles. The molecule has 0 N–H and O–H groups in total. The summed E-state index contributed by atoms with van der Waals surface area (Å²) in [5, 5.41) is 0. The third kappa shape index (κ3) is 24.5. The Hall–Kier alpha value is -0.680. The molecule has 0 aromatic heterocycles. The molecule has 2 aliphatic rings. The first-order chi connectivity index (χ1) is 24.8. The average molecular weight is 719 g/mol. The van der Waals surface area contributed by atoms with Gasteiger partial charge in [-0.2, -0.15) is 0 Å². The van der Waals surface area contributed by atoms with Crippen LogP contribution in [0, 0.1) is 0 Å². The molecule has 0 bridgehead atoms. The Balaban J connectivity index is 1.56. The Morgan fingerprint density at radius 1 is 0.500 bits per heavy atom. The molecule has 0 atom stereocenters. The zero-order valence-electron chi connectivity index (χ0n) is 33.9. The van der Waals surface area contributed by atoms with Crippen molar-refractivity contribution in [3.63, 3.8) is 0 Å². The number of allylic oxidation sites excluding steroid dienone is 2. The molecule has 4 nitrogen and oxygen atoms in total. The number of hydrogen-bond donors (Lipinski definition) is 0. The SMILES string of the molecule is CCCCCCCCCCCCCCCCCCC1=C(CCCCCCCCCCCCCCCCCC)N(CC(=O)N2CCOCC2)CS1. The van der Waals surface area contributed by atoms with Gasteiger partial charge in [0.1, 0.15) is 0 Å². The predicted molar refractivity (Wildman–Crippen MR) is 222 cm³/mol. The number of hydrogen-bond acceptors (Lipinski definition) is 4. The van der Waals surface area contributed by atoms with Crippen LogP contribution in [-0.4, -0.2) is 54.4 Å². The molecule has 5 heteroatoms. The fourth-order valence-corrected chi connectivity index (χ4v) is 9.14. The van der Waals surface area contributed by atoms with Crippen molar-refractivity contribution < 1.29 is 9.53 Å². The van der Waals surface area contributed by atoms with Crippen LogP contribution in [0.2, 0.25) is 0 Å². The van der Waals surface area contributed by atoms with E-state index in [1.807, 2.05) is 16.7 Å². The number of rotatable bonds is 36. The highest BCUT2D eigenvalue weighted by atomic mass is 32.2. The molecule has 1 fully saturated rings. The summed E-state index contributed by atoms with van der Waals surface area (Å²) >= 11 is 2.03. The van der Waals surface area contributed by atoms with Crippen LogP contribution in [0.4, 0.5) is 0 Å². The third-order valence-electron chi connectivity index (χ3n) is 11.3. The molecule has 0 aliphatic carbocycles. The molecule has 2 rings (SSSR count). The Morgan fingerprint density at radius 3 is 1.22 bits per heavy atom. The van der Waals surface area contributed by atoms with Gasteiger partial charge in [-0.05, 0) is 25.7 Å². The molecule has 0 unspecified atom stereocenters. The van der Waals surface area contributed by atoms with Crippen molar-refractivity contribution in [3.8, 4) is 0 Å². The fraction of sp³-hybridized carbons (Fsp3) is 0.933. The quantitative estimate of drug-likeness (QED) is 0.0604. The molecule has 0 saturated carbocycles. The summed E-state index contributed by atoms with van der Waals surface area (Å²) in [5.74, 6) is 1.26. The average Bonchev–Trinajstić information content (AvgIpc) is 3.51. The maximum absolute atomic E-state index is 13.1. The maximum Gasteiger partial charge on any atom is 0.242 e. The number of carbonyl (C=O) groups is 1. The Morgan fingerprint density at radius 2 is 0.840 bits per heavy atom. The van der Waals surface area contributed by atoms with E-state index in [4.69, 9.17) is 4.74 Å². The van der Waals surface area contributed by atoms with Crippen molar-refractivity contribution in [2.75, 3.05) is 38.7 Å². The second-order valence-corrected chi connectivity index (χ2v) is 17.0. The van der Waals surface area contributed by atoms with Gasteiger partial charge in [0.15, 0.2) is 0 Å². The number of morpholine rings is 1. The van der Waals surface area contributed by atoms with Crippen LogP contribution in [0.3, 0.4) is 0 Å². The summed E-state index contributed by atoms with van der Waals surface area (Å²) in [6, 6.07) is 0. The van der Waals surface area contributed by atoms with E-state index < -0.39 is 0 Å². The number of carbonyl (C=O) groups excluding carboxylic acids is 1. The van der Waals surface area contributed by atoms with Gasteiger partial charge in [0.2, 0.25) is 5.91 Å². The van der Waals surface area contributed by atoms with Crippen molar-refractivity contribution in [1.82, 2.24) is 9.80 Å². The van der Waals surface area contributed by atoms with E-state index in [1.165, 1.54) is 218 Å². The molecule has 294 valence electrons. The lowest BCUT2D eigenvalue weighted by molar-refractivity contribution is -0.135. The molecule has 0 spiro atoms. The summed E-state index contributed by atoms with van der Waals surface area (Å²) < 4.78 is 5.50. The molecule has 2 aliphatic heterocycles. The van der Waals surface area contributed by atoms with Gasteiger partial charge >= 0.3 is 0 Å². The molecule has 1 amide bonds. The lowest BCUT2D eigenvalue weighted by atomic mass is 10.0. The summed E-state index contributed by atoms with van der Waals surface area (Å²) in [6.45, 7) is 8.05. The Kier molecular flexibility index (Phi) is 31.0. The van der Waals surface area contributed by atoms with Gasteiger partial charge in [-0.1, -0.05) is 206 Å². The highest BCUT2D eigenvalue weighted by Crippen LogP contribution is 2.38. The minimum absolute atomic E-state index is 0.294. The van der Waals surface area contributed by atoms with E-state index in [1.54, 1.807) is 4.91 Å². The van der Waals surface area contributed by atoms with Crippen molar-refractivity contribution >= 4 is 17.7 Å². The van der Waals surface area contributed by atoms with Crippen LogP contribution in [0.1, 0.15) is 232 Å². The minimum atomic E-state index is 0.294. The normalized spacial score (nSPS) is 15.2. The monoisotopic (exact) mass is 719 g/mol. The van der Waals surface area contributed by atoms with E-state index in [-0.39, 0.29) is 0 Å². The zero-order valence-corrected chi connectivity index (χ0v) is 34.7. The van der Waals surface area contributed by atoms with Crippen LogP contribution < -0.4 is 0 Å². The van der Waals surface area contributed by atoms with Crippen LogP contribution in [0.15, 0.2) is 10.6 Å². The topological polar surface area (TPSA) is 32.8 Å². The van der Waals surface area contributed by atoms with Crippen LogP contribution in [-0.2, 0) is 9.53 Å². The number of ether oxygens (including phenoxy) is 1. The van der Waals surface area contributed by atoms with E-state index in [0.29, 0.717) is 25.7 Å². The number of thioether (sulfide) groups is 1. The third-order valence-corrected chi connectivity index (χ3v) is 12.5. The van der Waals surface area contributed by atoms with Gasteiger partial charge in [-0.25, -0.2) is 0 Å². The lowest BCUT2D eigenvalue weighted by Gasteiger charge is -2.30. The van der Waals surface area contributed by atoms with Gasteiger partial charge in [0.25, 0.3) is 0 Å². The van der Waals surface area contributed by atoms with E-state index in [9.17, 15) is 4.79 Å². The van der Waals surface area contributed by atoms with Crippen molar-refractivity contribution in [2.24, 2.45) is 0 Å². The van der Waals surface area contributed by atoms with Gasteiger partial charge in [0, 0.05) is 23.7 Å². The summed E-state index contributed by atoms with van der Waals surface area (Å²) in [6.07, 6.45) is 47.8. The van der Waals surface area contributed by atoms with E-state index in [2.05, 4.69) is 18.7 Å². The van der Waals surface area contributed by atoms with Gasteiger partial charge in [0.05, 0.1) is 25.6 Å². The number of amides is 1. The highest BCUT2D eigenvalue weighted by Gasteiger charge is 2.26. The first-order valence-corrected chi connectivity index (χ1v) is 23.7. The standard InChI is InChI=1S/C45H86N2O2S/c1-3-5-7-9-11-13-15-17-19-21-23-25-27-29-31-33-35-43-44(50-42-47(43)41-45(48)46-37-39-49-40-38-46)36-34-32-30-28-26-24-22-20-18-16-14-12-10-8-6-4-2/h3-42H2,1-2H3. The molecule has 0 aromatic carbocycles. The summed E-state index contributed by atoms with van der Waals surface area (Å²) in [5.41, 5.74) is 1.52. The Bertz CT molecular complexity index is 796. The second-order valence-electron chi connectivity index (χ2n) is 15.9. The molecule has 0 radical (unpaired) electrons. The number of nitrogens with zero attached hydrogens (tertiary/aromatic N) is 2. The fourth-order valence-electron chi connectivity index (χ4n) is 7.90. The van der Waals surface area contributed by atoms with Crippen LogP contribution in [0.25, 0.3) is 0 Å². The zero-order chi connectivity index (χ0) is 35.6. The first-order valence-electron chi connectivity index (χ1n) is 22.7. The van der Waals surface area contributed by atoms with Gasteiger partial charge in [-0.3, -0.25) is 4.79 Å². The summed E-state index contributed by atoms with van der Waals surface area (Å²) in [7, 11) is 0. The van der Waals surface area contributed by atoms with Crippen LogP contribution in [0.5, 0.6) is 0 Å². The maximum atomic E-state index is 13.1. The summed E-state index contributed by atoms with van der Waals surface area (Å²) in [4.78, 5) is 19.2. The molecular formula is C45H86N2O2S. The van der Waals surface area contributed by atoms with E-state index >= 15 is 0 Å². The highest BCUT2D eigenvalue weighted by molar-refractivity contribution is 8.03. The smallest absolute Gasteiger partial charge is 0.242 e. The largest absolute Gasteiger partial charge is 0.378 e. The molecule has 0 aromatic rings. The van der Waals surface area contributed by atoms with Gasteiger partial charge < -0.3 is 14.5 Å². The minimum Gasteiger partial charge on any atom is -0.378 e. The number of unbranched alkanes of at least 4 members (excludes halogenated alkanes) is 30. The van der Waals surface area contributed by atoms with E-state index in [0.717, 1.165) is 25.4 Å².